The van der Waals surface area contributed by atoms with Gasteiger partial charge in [-0.1, -0.05) is 36.4 Å². The number of hydrogen-bond donors (Lipinski definition) is 0. The third-order valence-corrected chi connectivity index (χ3v) is 3.26. The summed E-state index contributed by atoms with van der Waals surface area (Å²) in [6.45, 7) is 7.09. The van der Waals surface area contributed by atoms with Crippen molar-refractivity contribution in [2.45, 2.75) is 27.2 Å². The summed E-state index contributed by atoms with van der Waals surface area (Å²) in [6.07, 6.45) is 0.952. The zero-order chi connectivity index (χ0) is 13.0. The molecule has 0 aromatic heterocycles. The summed E-state index contributed by atoms with van der Waals surface area (Å²) in [5, 5.41) is 0. The lowest BCUT2D eigenvalue weighted by molar-refractivity contribution is 0.319. The summed E-state index contributed by atoms with van der Waals surface area (Å²) in [4.78, 5) is 0. The molecule has 2 aromatic carbocycles. The fourth-order valence-corrected chi connectivity index (χ4v) is 2.07. The largest absolute Gasteiger partial charge is 0.493 e. The van der Waals surface area contributed by atoms with E-state index >= 15 is 0 Å². The first-order valence-corrected chi connectivity index (χ1v) is 6.41. The molecule has 0 atom stereocenters. The molecule has 94 valence electrons. The van der Waals surface area contributed by atoms with Crippen molar-refractivity contribution in [3.63, 3.8) is 0 Å². The molecule has 0 heterocycles. The Kier molecular flexibility index (Phi) is 4.03. The van der Waals surface area contributed by atoms with Gasteiger partial charge in [-0.3, -0.25) is 0 Å². The summed E-state index contributed by atoms with van der Waals surface area (Å²) in [7, 11) is 0. The van der Waals surface area contributed by atoms with Crippen LogP contribution in [0, 0.1) is 20.8 Å². The predicted molar refractivity (Wildman–Crippen MR) is 76.3 cm³/mol. The van der Waals surface area contributed by atoms with Crippen molar-refractivity contribution < 1.29 is 4.74 Å². The minimum atomic E-state index is 0.730. The van der Waals surface area contributed by atoms with Gasteiger partial charge in [0, 0.05) is 6.42 Å². The van der Waals surface area contributed by atoms with Gasteiger partial charge in [0.15, 0.2) is 0 Å². The van der Waals surface area contributed by atoms with Crippen LogP contribution in [0.5, 0.6) is 5.75 Å². The Hall–Kier alpha value is -1.76. The fourth-order valence-electron chi connectivity index (χ4n) is 2.07. The molecule has 0 aliphatic rings. The van der Waals surface area contributed by atoms with Gasteiger partial charge >= 0.3 is 0 Å². The molecule has 0 amide bonds. The molecule has 0 N–H and O–H groups in total. The minimum absolute atomic E-state index is 0.730. The van der Waals surface area contributed by atoms with Crippen LogP contribution in [-0.4, -0.2) is 6.61 Å². The van der Waals surface area contributed by atoms with E-state index in [1.54, 1.807) is 0 Å². The molecule has 2 aromatic rings. The Bertz CT molecular complexity index is 515. The first kappa shape index (κ1) is 12.7. The van der Waals surface area contributed by atoms with E-state index < -0.39 is 0 Å². The van der Waals surface area contributed by atoms with Crippen molar-refractivity contribution in [3.05, 3.63) is 64.7 Å². The van der Waals surface area contributed by atoms with Gasteiger partial charge in [0.05, 0.1) is 6.61 Å². The smallest absolute Gasteiger partial charge is 0.122 e. The summed E-state index contributed by atoms with van der Waals surface area (Å²) in [5.74, 6) is 1.02. The van der Waals surface area contributed by atoms with Gasteiger partial charge in [-0.05, 0) is 49.1 Å². The maximum atomic E-state index is 5.90. The van der Waals surface area contributed by atoms with Crippen molar-refractivity contribution in [3.8, 4) is 5.75 Å². The second-order valence-electron chi connectivity index (χ2n) is 4.79. The Morgan fingerprint density at radius 3 is 2.39 bits per heavy atom. The Labute approximate surface area is 109 Å². The van der Waals surface area contributed by atoms with E-state index in [9.17, 15) is 0 Å². The van der Waals surface area contributed by atoms with Gasteiger partial charge in [0.2, 0.25) is 0 Å². The SMILES string of the molecule is Cc1cc(C)c(C)c(OCCc2ccccc2)c1. The summed E-state index contributed by atoms with van der Waals surface area (Å²) >= 11 is 0. The Morgan fingerprint density at radius 2 is 1.67 bits per heavy atom. The summed E-state index contributed by atoms with van der Waals surface area (Å²) in [5.41, 5.74) is 5.12. The van der Waals surface area contributed by atoms with Gasteiger partial charge in [-0.25, -0.2) is 0 Å². The normalized spacial score (nSPS) is 10.4. The molecule has 1 heteroatoms. The topological polar surface area (TPSA) is 9.23 Å². The second-order valence-corrected chi connectivity index (χ2v) is 4.79. The molecule has 1 nitrogen and oxygen atoms in total. The molecular formula is C17H20O. The van der Waals surface area contributed by atoms with Crippen LogP contribution in [0.3, 0.4) is 0 Å². The lowest BCUT2D eigenvalue weighted by Gasteiger charge is -2.12. The van der Waals surface area contributed by atoms with E-state index in [0.29, 0.717) is 0 Å². The highest BCUT2D eigenvalue weighted by Crippen LogP contribution is 2.23. The molecular weight excluding hydrogens is 220 g/mol. The first-order valence-electron chi connectivity index (χ1n) is 6.41. The second kappa shape index (κ2) is 5.72. The third-order valence-electron chi connectivity index (χ3n) is 3.26. The van der Waals surface area contributed by atoms with Crippen LogP contribution in [0.4, 0.5) is 0 Å². The van der Waals surface area contributed by atoms with E-state index in [0.717, 1.165) is 18.8 Å². The Morgan fingerprint density at radius 1 is 0.944 bits per heavy atom. The van der Waals surface area contributed by atoms with Crippen LogP contribution in [0.2, 0.25) is 0 Å². The monoisotopic (exact) mass is 240 g/mol. The fraction of sp³-hybridized carbons (Fsp3) is 0.294. The number of rotatable bonds is 4. The van der Waals surface area contributed by atoms with Crippen molar-refractivity contribution in [1.29, 1.82) is 0 Å². The van der Waals surface area contributed by atoms with E-state index in [1.165, 1.54) is 22.3 Å². The highest BCUT2D eigenvalue weighted by molar-refractivity contribution is 5.41. The number of benzene rings is 2. The molecule has 0 radical (unpaired) electrons. The molecule has 0 fully saturated rings. The van der Waals surface area contributed by atoms with Crippen molar-refractivity contribution in [1.82, 2.24) is 0 Å². The summed E-state index contributed by atoms with van der Waals surface area (Å²) in [6, 6.07) is 14.8. The number of ether oxygens (including phenoxy) is 1. The van der Waals surface area contributed by atoms with Gasteiger partial charge in [0.1, 0.15) is 5.75 Å². The zero-order valence-electron chi connectivity index (χ0n) is 11.4. The molecule has 0 bridgehead atoms. The first-order chi connectivity index (χ1) is 8.66. The molecule has 2 rings (SSSR count). The van der Waals surface area contributed by atoms with Crippen LogP contribution >= 0.6 is 0 Å². The lowest BCUT2D eigenvalue weighted by Crippen LogP contribution is -2.03. The minimum Gasteiger partial charge on any atom is -0.493 e. The molecule has 0 saturated carbocycles. The maximum Gasteiger partial charge on any atom is 0.122 e. The van der Waals surface area contributed by atoms with Crippen LogP contribution in [0.1, 0.15) is 22.3 Å². The number of aryl methyl sites for hydroxylation is 2. The number of hydrogen-bond acceptors (Lipinski definition) is 1. The summed E-state index contributed by atoms with van der Waals surface area (Å²) < 4.78 is 5.90. The predicted octanol–water partition coefficient (Wildman–Crippen LogP) is 4.23. The molecule has 0 unspecified atom stereocenters. The van der Waals surface area contributed by atoms with E-state index in [1.807, 2.05) is 6.07 Å². The average Bonchev–Trinajstić information content (AvgIpc) is 2.36. The molecule has 18 heavy (non-hydrogen) atoms. The van der Waals surface area contributed by atoms with Crippen molar-refractivity contribution in [2.75, 3.05) is 6.61 Å². The van der Waals surface area contributed by atoms with Gasteiger partial charge in [-0.15, -0.1) is 0 Å². The van der Waals surface area contributed by atoms with E-state index in [-0.39, 0.29) is 0 Å². The van der Waals surface area contributed by atoms with Crippen LogP contribution in [-0.2, 0) is 6.42 Å². The zero-order valence-corrected chi connectivity index (χ0v) is 11.4. The van der Waals surface area contributed by atoms with Crippen LogP contribution in [0.15, 0.2) is 42.5 Å². The maximum absolute atomic E-state index is 5.90. The highest BCUT2D eigenvalue weighted by atomic mass is 16.5. The van der Waals surface area contributed by atoms with Gasteiger partial charge in [0.25, 0.3) is 0 Å². The lowest BCUT2D eigenvalue weighted by atomic mass is 10.1. The third kappa shape index (κ3) is 3.13. The van der Waals surface area contributed by atoms with Crippen LogP contribution in [0.25, 0.3) is 0 Å². The van der Waals surface area contributed by atoms with Crippen molar-refractivity contribution >= 4 is 0 Å². The Balaban J connectivity index is 1.99. The molecule has 0 aliphatic carbocycles. The highest BCUT2D eigenvalue weighted by Gasteiger charge is 2.03. The standard InChI is InChI=1S/C17H20O/c1-13-11-14(2)15(3)17(12-13)18-10-9-16-7-5-4-6-8-16/h4-8,11-12H,9-10H2,1-3H3. The molecule has 0 saturated heterocycles. The average molecular weight is 240 g/mol. The van der Waals surface area contributed by atoms with Gasteiger partial charge < -0.3 is 4.74 Å². The van der Waals surface area contributed by atoms with Crippen LogP contribution < -0.4 is 4.74 Å². The molecule has 0 aliphatic heterocycles. The van der Waals surface area contributed by atoms with E-state index in [4.69, 9.17) is 4.74 Å². The van der Waals surface area contributed by atoms with Gasteiger partial charge in [-0.2, -0.15) is 0 Å². The van der Waals surface area contributed by atoms with E-state index in [2.05, 4.69) is 57.2 Å². The molecule has 0 spiro atoms. The quantitative estimate of drug-likeness (QED) is 0.777. The van der Waals surface area contributed by atoms with Crippen molar-refractivity contribution in [2.24, 2.45) is 0 Å².